The average Bonchev–Trinajstić information content (AvgIpc) is 3.03. The Morgan fingerprint density at radius 1 is 1.25 bits per heavy atom. The van der Waals surface area contributed by atoms with Crippen molar-refractivity contribution < 1.29 is 0 Å². The molecule has 0 saturated carbocycles. The first-order valence-corrected chi connectivity index (χ1v) is 11.5. The lowest BCUT2D eigenvalue weighted by Gasteiger charge is -2.53. The molecule has 1 aliphatic carbocycles. The van der Waals surface area contributed by atoms with Crippen LogP contribution in [0, 0.1) is 5.92 Å². The number of nitrogens with zero attached hydrogens (tertiary/aromatic N) is 1. The zero-order valence-electron chi connectivity index (χ0n) is 13.8. The zero-order chi connectivity index (χ0) is 16.1. The van der Waals surface area contributed by atoms with Gasteiger partial charge in [0.25, 0.3) is 0 Å². The van der Waals surface area contributed by atoms with Crippen LogP contribution in [-0.4, -0.2) is 40.4 Å². The van der Waals surface area contributed by atoms with Crippen LogP contribution in [-0.2, 0) is 4.08 Å². The topological polar surface area (TPSA) is 19.0 Å². The molecule has 2 nitrogen and oxygen atoms in total. The lowest BCUT2D eigenvalue weighted by Crippen LogP contribution is -2.48. The van der Waals surface area contributed by atoms with E-state index in [4.69, 9.17) is 11.6 Å². The molecule has 1 spiro atoms. The molecule has 0 radical (unpaired) electrons. The van der Waals surface area contributed by atoms with Crippen molar-refractivity contribution in [2.45, 2.75) is 29.4 Å². The molecule has 3 heterocycles. The number of H-pyrrole nitrogens is 1. The van der Waals surface area contributed by atoms with Gasteiger partial charge in [-0.25, -0.2) is 0 Å². The van der Waals surface area contributed by atoms with E-state index in [-0.39, 0.29) is 4.08 Å². The molecule has 128 valence electrons. The van der Waals surface area contributed by atoms with Crippen LogP contribution in [0.15, 0.2) is 24.3 Å². The van der Waals surface area contributed by atoms with Gasteiger partial charge >= 0.3 is 0 Å². The molecule has 2 saturated heterocycles. The van der Waals surface area contributed by atoms with Crippen LogP contribution in [0.4, 0.5) is 0 Å². The number of aromatic nitrogens is 1. The summed E-state index contributed by atoms with van der Waals surface area (Å²) in [5.74, 6) is 4.11. The fraction of sp³-hybridized carbons (Fsp3) is 0.579. The Kier molecular flexibility index (Phi) is 4.08. The minimum absolute atomic E-state index is 0.260. The van der Waals surface area contributed by atoms with E-state index in [2.05, 4.69) is 57.7 Å². The Labute approximate surface area is 157 Å². The number of fused-ring (bicyclic) bond motifs is 8. The second-order valence-corrected chi connectivity index (χ2v) is 10.5. The Morgan fingerprint density at radius 2 is 2.08 bits per heavy atom. The summed E-state index contributed by atoms with van der Waals surface area (Å²) >= 11 is 10.5. The van der Waals surface area contributed by atoms with Crippen molar-refractivity contribution in [2.24, 2.45) is 5.92 Å². The van der Waals surface area contributed by atoms with E-state index in [0.717, 1.165) is 18.3 Å². The molecule has 2 bridgehead atoms. The van der Waals surface area contributed by atoms with Crippen molar-refractivity contribution in [3.8, 4) is 0 Å². The molecular formula is C19H23ClN2S2. The van der Waals surface area contributed by atoms with Crippen molar-refractivity contribution >= 4 is 46.0 Å². The van der Waals surface area contributed by atoms with Gasteiger partial charge in [-0.2, -0.15) is 0 Å². The van der Waals surface area contributed by atoms with Crippen molar-refractivity contribution in [1.82, 2.24) is 9.88 Å². The van der Waals surface area contributed by atoms with Gasteiger partial charge in [0.2, 0.25) is 0 Å². The standard InChI is InChI=1S/C19H23ClN2S2/c20-7-9-22-8-6-13-12-16(22)17-14-4-1-2-5-15(14)21-18(17)19(13)23-10-3-11-24-19/h1-2,4-5,13,16,21H,3,6-12H2. The van der Waals surface area contributed by atoms with Gasteiger partial charge < -0.3 is 4.98 Å². The lowest BCUT2D eigenvalue weighted by atomic mass is 9.77. The van der Waals surface area contributed by atoms with Crippen LogP contribution in [0.3, 0.4) is 0 Å². The number of thioether (sulfide) groups is 2. The van der Waals surface area contributed by atoms with Gasteiger partial charge in [0.05, 0.1) is 0 Å². The van der Waals surface area contributed by atoms with Crippen molar-refractivity contribution in [1.29, 1.82) is 0 Å². The number of benzene rings is 1. The van der Waals surface area contributed by atoms with Crippen LogP contribution in [0.1, 0.15) is 36.6 Å². The first-order valence-electron chi connectivity index (χ1n) is 9.02. The van der Waals surface area contributed by atoms with Crippen molar-refractivity contribution in [3.05, 3.63) is 35.5 Å². The largest absolute Gasteiger partial charge is 0.356 e. The number of para-hydroxylation sites is 1. The summed E-state index contributed by atoms with van der Waals surface area (Å²) in [5.41, 5.74) is 4.42. The molecule has 5 rings (SSSR count). The second-order valence-electron chi connectivity index (χ2n) is 7.14. The van der Waals surface area contributed by atoms with E-state index >= 15 is 0 Å². The van der Waals surface area contributed by atoms with Gasteiger partial charge in [0, 0.05) is 40.6 Å². The van der Waals surface area contributed by atoms with Gasteiger partial charge in [-0.1, -0.05) is 18.2 Å². The van der Waals surface area contributed by atoms with E-state index in [0.29, 0.717) is 6.04 Å². The molecule has 24 heavy (non-hydrogen) atoms. The van der Waals surface area contributed by atoms with Gasteiger partial charge in [-0.3, -0.25) is 4.90 Å². The van der Waals surface area contributed by atoms with E-state index in [1.54, 1.807) is 5.56 Å². The third-order valence-electron chi connectivity index (χ3n) is 5.97. The quantitative estimate of drug-likeness (QED) is 0.725. The molecule has 0 amide bonds. The van der Waals surface area contributed by atoms with E-state index in [1.165, 1.54) is 53.9 Å². The molecule has 2 unspecified atom stereocenters. The number of likely N-dealkylation sites (tertiary alicyclic amines) is 1. The van der Waals surface area contributed by atoms with E-state index in [1.807, 2.05) is 0 Å². The predicted octanol–water partition coefficient (Wildman–Crippen LogP) is 5.20. The van der Waals surface area contributed by atoms with E-state index < -0.39 is 0 Å². The number of hydrogen-bond donors (Lipinski definition) is 1. The van der Waals surface area contributed by atoms with Gasteiger partial charge in [-0.15, -0.1) is 35.1 Å². The summed E-state index contributed by atoms with van der Waals surface area (Å²) in [4.78, 5) is 6.50. The molecule has 3 aliphatic rings. The molecule has 1 aromatic heterocycles. The maximum atomic E-state index is 6.12. The average molecular weight is 379 g/mol. The highest BCUT2D eigenvalue weighted by atomic mass is 35.5. The summed E-state index contributed by atoms with van der Waals surface area (Å²) in [7, 11) is 0. The number of piperidine rings is 1. The summed E-state index contributed by atoms with van der Waals surface area (Å²) in [5, 5.41) is 1.43. The molecule has 1 N–H and O–H groups in total. The highest BCUT2D eigenvalue weighted by Crippen LogP contribution is 2.64. The Morgan fingerprint density at radius 3 is 2.92 bits per heavy atom. The van der Waals surface area contributed by atoms with Crippen LogP contribution in [0.2, 0.25) is 0 Å². The van der Waals surface area contributed by atoms with Crippen LogP contribution in [0.5, 0.6) is 0 Å². The second kappa shape index (κ2) is 6.15. The highest BCUT2D eigenvalue weighted by Gasteiger charge is 2.53. The van der Waals surface area contributed by atoms with Crippen LogP contribution >= 0.6 is 35.1 Å². The number of alkyl halides is 1. The fourth-order valence-corrected chi connectivity index (χ4v) is 8.88. The smallest absolute Gasteiger partial charge is 0.104 e. The van der Waals surface area contributed by atoms with Crippen LogP contribution < -0.4 is 0 Å². The first-order chi connectivity index (χ1) is 11.8. The number of hydrogen-bond acceptors (Lipinski definition) is 3. The SMILES string of the molecule is ClCCN1CCC2CC1c1c([nH]c3ccccc13)C21SCCCS1. The number of rotatable bonds is 2. The van der Waals surface area contributed by atoms with E-state index in [9.17, 15) is 0 Å². The summed E-state index contributed by atoms with van der Waals surface area (Å²) in [6, 6.07) is 9.44. The van der Waals surface area contributed by atoms with Crippen LogP contribution in [0.25, 0.3) is 10.9 Å². The molecule has 2 fully saturated rings. The third-order valence-corrected chi connectivity index (χ3v) is 9.77. The fourth-order valence-electron chi connectivity index (χ4n) is 4.95. The van der Waals surface area contributed by atoms with Crippen molar-refractivity contribution in [2.75, 3.05) is 30.5 Å². The Hall–Kier alpha value is -0.290. The number of nitrogens with one attached hydrogen (secondary N) is 1. The normalized spacial score (nSPS) is 29.0. The Balaban J connectivity index is 1.72. The highest BCUT2D eigenvalue weighted by molar-refractivity contribution is 8.18. The first kappa shape index (κ1) is 15.9. The maximum absolute atomic E-state index is 6.12. The predicted molar refractivity (Wildman–Crippen MR) is 107 cm³/mol. The minimum atomic E-state index is 0.260. The van der Waals surface area contributed by atoms with Gasteiger partial charge in [-0.05, 0) is 49.3 Å². The molecule has 2 aliphatic heterocycles. The van der Waals surface area contributed by atoms with Gasteiger partial charge in [0.15, 0.2) is 0 Å². The summed E-state index contributed by atoms with van der Waals surface area (Å²) in [6.45, 7) is 2.20. The Bertz CT molecular complexity index is 753. The number of halogens is 1. The molecular weight excluding hydrogens is 356 g/mol. The molecule has 2 atom stereocenters. The summed E-state index contributed by atoms with van der Waals surface area (Å²) < 4.78 is 0.260. The molecule has 5 heteroatoms. The number of aromatic amines is 1. The third kappa shape index (κ3) is 2.22. The van der Waals surface area contributed by atoms with Gasteiger partial charge in [0.1, 0.15) is 4.08 Å². The monoisotopic (exact) mass is 378 g/mol. The molecule has 1 aromatic carbocycles. The maximum Gasteiger partial charge on any atom is 0.104 e. The minimum Gasteiger partial charge on any atom is -0.356 e. The zero-order valence-corrected chi connectivity index (χ0v) is 16.2. The lowest BCUT2D eigenvalue weighted by molar-refractivity contribution is 0.101. The van der Waals surface area contributed by atoms with Crippen molar-refractivity contribution in [3.63, 3.8) is 0 Å². The molecule has 2 aromatic rings. The summed E-state index contributed by atoms with van der Waals surface area (Å²) in [6.07, 6.45) is 3.95.